The van der Waals surface area contributed by atoms with Gasteiger partial charge in [0.25, 0.3) is 5.56 Å². The largest absolute Gasteiger partial charge is 0.478 e. The quantitative estimate of drug-likeness (QED) is 0.813. The van der Waals surface area contributed by atoms with Crippen LogP contribution in [-0.2, 0) is 17.9 Å². The third-order valence-electron chi connectivity index (χ3n) is 3.62. The predicted molar refractivity (Wildman–Crippen MR) is 89.9 cm³/mol. The molecule has 1 amide bonds. The van der Waals surface area contributed by atoms with Gasteiger partial charge in [-0.25, -0.2) is 4.79 Å². The Morgan fingerprint density at radius 1 is 1.12 bits per heavy atom. The third kappa shape index (κ3) is 5.08. The second-order valence-corrected chi connectivity index (χ2v) is 5.62. The number of benzene rings is 1. The molecule has 0 radical (unpaired) electrons. The molecular weight excluding hydrogens is 308 g/mol. The van der Waals surface area contributed by atoms with Crippen LogP contribution in [0.1, 0.15) is 34.3 Å². The molecule has 1 aromatic heterocycles. The van der Waals surface area contributed by atoms with Gasteiger partial charge in [-0.05, 0) is 36.6 Å². The van der Waals surface area contributed by atoms with E-state index in [1.807, 2.05) is 6.92 Å². The second-order valence-electron chi connectivity index (χ2n) is 5.62. The van der Waals surface area contributed by atoms with E-state index in [0.717, 1.165) is 11.1 Å². The first-order valence-electron chi connectivity index (χ1n) is 7.72. The van der Waals surface area contributed by atoms with Crippen LogP contribution in [0.4, 0.5) is 0 Å². The average molecular weight is 328 g/mol. The van der Waals surface area contributed by atoms with Crippen LogP contribution in [0.2, 0.25) is 0 Å². The normalized spacial score (nSPS) is 10.4. The summed E-state index contributed by atoms with van der Waals surface area (Å²) >= 11 is 0. The summed E-state index contributed by atoms with van der Waals surface area (Å²) in [6, 6.07) is 9.66. The van der Waals surface area contributed by atoms with Crippen LogP contribution in [-0.4, -0.2) is 21.6 Å². The number of rotatable bonds is 7. The number of carboxylic acids is 1. The van der Waals surface area contributed by atoms with Gasteiger partial charge in [0.05, 0.1) is 5.56 Å². The number of carbonyl (C=O) groups excluding carboxylic acids is 1. The maximum Gasteiger partial charge on any atom is 0.335 e. The van der Waals surface area contributed by atoms with Crippen molar-refractivity contribution in [3.05, 3.63) is 69.6 Å². The van der Waals surface area contributed by atoms with Crippen LogP contribution in [0.3, 0.4) is 0 Å². The fourth-order valence-corrected chi connectivity index (χ4v) is 2.29. The van der Waals surface area contributed by atoms with Gasteiger partial charge in [0.2, 0.25) is 5.91 Å². The van der Waals surface area contributed by atoms with E-state index in [2.05, 4.69) is 5.32 Å². The summed E-state index contributed by atoms with van der Waals surface area (Å²) in [4.78, 5) is 34.3. The number of aromatic carboxylic acids is 1. The van der Waals surface area contributed by atoms with Crippen molar-refractivity contribution in [2.45, 2.75) is 32.9 Å². The van der Waals surface area contributed by atoms with E-state index in [1.165, 1.54) is 18.2 Å². The Morgan fingerprint density at radius 3 is 2.50 bits per heavy atom. The number of amides is 1. The molecule has 0 saturated carbocycles. The van der Waals surface area contributed by atoms with Crippen molar-refractivity contribution in [2.24, 2.45) is 0 Å². The van der Waals surface area contributed by atoms with Crippen molar-refractivity contribution in [1.29, 1.82) is 0 Å². The first-order chi connectivity index (χ1) is 11.5. The van der Waals surface area contributed by atoms with Crippen molar-refractivity contribution in [3.63, 3.8) is 0 Å². The zero-order valence-electron chi connectivity index (χ0n) is 13.5. The molecule has 0 aliphatic rings. The molecule has 0 aliphatic heterocycles. The molecule has 6 nitrogen and oxygen atoms in total. The van der Waals surface area contributed by atoms with Crippen LogP contribution in [0, 0.1) is 6.92 Å². The van der Waals surface area contributed by atoms with Crippen molar-refractivity contribution in [2.75, 3.05) is 0 Å². The summed E-state index contributed by atoms with van der Waals surface area (Å²) in [5.41, 5.74) is 1.99. The highest BCUT2D eigenvalue weighted by Crippen LogP contribution is 2.04. The molecule has 1 heterocycles. The summed E-state index contributed by atoms with van der Waals surface area (Å²) in [5.74, 6) is -1.07. The maximum absolute atomic E-state index is 11.8. The van der Waals surface area contributed by atoms with Gasteiger partial charge in [0, 0.05) is 31.8 Å². The highest BCUT2D eigenvalue weighted by atomic mass is 16.4. The molecule has 0 aliphatic carbocycles. The summed E-state index contributed by atoms with van der Waals surface area (Å²) in [6.07, 6.45) is 2.69. The van der Waals surface area contributed by atoms with Gasteiger partial charge in [0.15, 0.2) is 0 Å². The van der Waals surface area contributed by atoms with Gasteiger partial charge in [-0.1, -0.05) is 18.2 Å². The van der Waals surface area contributed by atoms with E-state index >= 15 is 0 Å². The minimum absolute atomic E-state index is 0.0699. The van der Waals surface area contributed by atoms with Crippen molar-refractivity contribution in [1.82, 2.24) is 9.88 Å². The van der Waals surface area contributed by atoms with Gasteiger partial charge >= 0.3 is 5.97 Å². The number of aromatic nitrogens is 1. The molecule has 0 atom stereocenters. The summed E-state index contributed by atoms with van der Waals surface area (Å²) in [7, 11) is 0. The number of pyridine rings is 1. The Morgan fingerprint density at radius 2 is 1.83 bits per heavy atom. The lowest BCUT2D eigenvalue weighted by molar-refractivity contribution is -0.121. The van der Waals surface area contributed by atoms with E-state index in [-0.39, 0.29) is 17.0 Å². The van der Waals surface area contributed by atoms with Crippen LogP contribution < -0.4 is 10.9 Å². The smallest absolute Gasteiger partial charge is 0.335 e. The summed E-state index contributed by atoms with van der Waals surface area (Å²) < 4.78 is 1.60. The highest BCUT2D eigenvalue weighted by molar-refractivity contribution is 5.87. The summed E-state index contributed by atoms with van der Waals surface area (Å²) in [6.45, 7) is 2.77. The molecular formula is C18H20N2O4. The standard InChI is InChI=1S/C18H20N2O4/c1-13-4-9-17(22)20(12-13)10-2-3-16(21)19-11-14-5-7-15(8-6-14)18(23)24/h4-9,12H,2-3,10-11H2,1H3,(H,19,21)(H,23,24). The third-order valence-corrected chi connectivity index (χ3v) is 3.62. The molecule has 0 spiro atoms. The number of nitrogens with one attached hydrogen (secondary N) is 1. The Hall–Kier alpha value is -2.89. The fourth-order valence-electron chi connectivity index (χ4n) is 2.29. The number of carboxylic acid groups (broad SMARTS) is 1. The first-order valence-corrected chi connectivity index (χ1v) is 7.72. The molecule has 0 fully saturated rings. The molecule has 0 saturated heterocycles. The Labute approximate surface area is 139 Å². The van der Waals surface area contributed by atoms with Crippen LogP contribution in [0.25, 0.3) is 0 Å². The van der Waals surface area contributed by atoms with Crippen LogP contribution in [0.15, 0.2) is 47.4 Å². The van der Waals surface area contributed by atoms with E-state index in [9.17, 15) is 14.4 Å². The van der Waals surface area contributed by atoms with Gasteiger partial charge in [-0.2, -0.15) is 0 Å². The second kappa shape index (κ2) is 8.10. The molecule has 2 rings (SSSR count). The van der Waals surface area contributed by atoms with Gasteiger partial charge in [0.1, 0.15) is 0 Å². The molecule has 2 aromatic rings. The number of nitrogens with zero attached hydrogens (tertiary/aromatic N) is 1. The van der Waals surface area contributed by atoms with E-state index in [1.54, 1.807) is 29.0 Å². The van der Waals surface area contributed by atoms with Gasteiger partial charge in [-0.15, -0.1) is 0 Å². The topological polar surface area (TPSA) is 88.4 Å². The van der Waals surface area contributed by atoms with Crippen LogP contribution >= 0.6 is 0 Å². The number of hydrogen-bond acceptors (Lipinski definition) is 3. The minimum atomic E-state index is -0.975. The minimum Gasteiger partial charge on any atom is -0.478 e. The van der Waals surface area contributed by atoms with E-state index in [4.69, 9.17) is 5.11 Å². The first kappa shape index (κ1) is 17.5. The molecule has 126 valence electrons. The molecule has 1 aromatic carbocycles. The zero-order valence-corrected chi connectivity index (χ0v) is 13.5. The molecule has 0 bridgehead atoms. The van der Waals surface area contributed by atoms with Crippen molar-refractivity contribution < 1.29 is 14.7 Å². The van der Waals surface area contributed by atoms with Gasteiger partial charge < -0.3 is 15.0 Å². The molecule has 0 unspecified atom stereocenters. The van der Waals surface area contributed by atoms with Crippen molar-refractivity contribution in [3.8, 4) is 0 Å². The highest BCUT2D eigenvalue weighted by Gasteiger charge is 2.04. The van der Waals surface area contributed by atoms with E-state index < -0.39 is 5.97 Å². The molecule has 2 N–H and O–H groups in total. The monoisotopic (exact) mass is 328 g/mol. The SMILES string of the molecule is Cc1ccc(=O)n(CCCC(=O)NCc2ccc(C(=O)O)cc2)c1. The Balaban J connectivity index is 1.76. The lowest BCUT2D eigenvalue weighted by Crippen LogP contribution is -2.24. The Bertz CT molecular complexity index is 778. The maximum atomic E-state index is 11.8. The average Bonchev–Trinajstić information content (AvgIpc) is 2.56. The predicted octanol–water partition coefficient (Wildman–Crippen LogP) is 1.95. The summed E-state index contributed by atoms with van der Waals surface area (Å²) in [5, 5.41) is 11.6. The van der Waals surface area contributed by atoms with Crippen molar-refractivity contribution >= 4 is 11.9 Å². The lowest BCUT2D eigenvalue weighted by Gasteiger charge is -2.08. The van der Waals surface area contributed by atoms with E-state index in [0.29, 0.717) is 25.9 Å². The van der Waals surface area contributed by atoms with Crippen LogP contribution in [0.5, 0.6) is 0 Å². The molecule has 24 heavy (non-hydrogen) atoms. The number of carbonyl (C=O) groups is 2. The number of hydrogen-bond donors (Lipinski definition) is 2. The molecule has 6 heteroatoms. The zero-order chi connectivity index (χ0) is 17.5. The Kier molecular flexibility index (Phi) is 5.89. The lowest BCUT2D eigenvalue weighted by atomic mass is 10.1. The van der Waals surface area contributed by atoms with Gasteiger partial charge in [-0.3, -0.25) is 9.59 Å². The fraction of sp³-hybridized carbons (Fsp3) is 0.278. The number of aryl methyl sites for hydroxylation is 2.